The van der Waals surface area contributed by atoms with E-state index in [0.717, 1.165) is 12.8 Å². The molecule has 2 N–H and O–H groups in total. The molecule has 1 heterocycles. The minimum absolute atomic E-state index is 0.0559. The van der Waals surface area contributed by atoms with Crippen molar-refractivity contribution in [1.29, 1.82) is 0 Å². The van der Waals surface area contributed by atoms with E-state index in [0.29, 0.717) is 23.2 Å². The Morgan fingerprint density at radius 1 is 1.48 bits per heavy atom. The van der Waals surface area contributed by atoms with Crippen molar-refractivity contribution < 1.29 is 14.7 Å². The van der Waals surface area contributed by atoms with Gasteiger partial charge in [-0.15, -0.1) is 0 Å². The number of aromatic nitrogens is 1. The monoisotopic (exact) mass is 374 g/mol. The third-order valence-electron chi connectivity index (χ3n) is 3.94. The summed E-state index contributed by atoms with van der Waals surface area (Å²) in [5, 5.41) is 12.2. The Morgan fingerprint density at radius 3 is 2.67 bits per heavy atom. The number of hydrogen-bond acceptors (Lipinski definition) is 3. The maximum Gasteiger partial charge on any atom is 0.329 e. The maximum absolute atomic E-state index is 12.4. The standard InChI is InChI=1S/C14H16BrClN2O3/c1-8-2-4-14(5-3-8,13(20)21)18-12(19)10-6-9(15)7-17-11(10)16/h6-8H,2-5H2,1H3,(H,18,19)(H,20,21). The molecule has 0 atom stereocenters. The van der Waals surface area contributed by atoms with Crippen molar-refractivity contribution in [3.63, 3.8) is 0 Å². The molecule has 1 aliphatic carbocycles. The molecule has 2 rings (SSSR count). The molecule has 0 saturated heterocycles. The normalized spacial score (nSPS) is 25.4. The zero-order chi connectivity index (χ0) is 15.6. The van der Waals surface area contributed by atoms with Crippen LogP contribution < -0.4 is 5.32 Å². The number of hydrogen-bond donors (Lipinski definition) is 2. The van der Waals surface area contributed by atoms with E-state index in [1.54, 1.807) is 0 Å². The lowest BCUT2D eigenvalue weighted by molar-refractivity contribution is -0.146. The molecule has 21 heavy (non-hydrogen) atoms. The summed E-state index contributed by atoms with van der Waals surface area (Å²) in [5.41, 5.74) is -1.04. The van der Waals surface area contributed by atoms with Gasteiger partial charge in [-0.2, -0.15) is 0 Å². The predicted octanol–water partition coefficient (Wildman–Crippen LogP) is 3.26. The molecule has 0 bridgehead atoms. The average Bonchev–Trinajstić information content (AvgIpc) is 2.44. The molecule has 114 valence electrons. The van der Waals surface area contributed by atoms with Gasteiger partial charge < -0.3 is 10.4 Å². The lowest BCUT2D eigenvalue weighted by Gasteiger charge is -2.36. The Hall–Kier alpha value is -1.14. The molecule has 0 aliphatic heterocycles. The van der Waals surface area contributed by atoms with Crippen LogP contribution in [0.15, 0.2) is 16.7 Å². The molecular weight excluding hydrogens is 360 g/mol. The summed E-state index contributed by atoms with van der Waals surface area (Å²) in [6.07, 6.45) is 3.88. The Kier molecular flexibility index (Phi) is 4.88. The van der Waals surface area contributed by atoms with Gasteiger partial charge in [0.25, 0.3) is 5.91 Å². The van der Waals surface area contributed by atoms with Crippen LogP contribution in [0.3, 0.4) is 0 Å². The van der Waals surface area contributed by atoms with Crippen LogP contribution in [-0.2, 0) is 4.79 Å². The first-order chi connectivity index (χ1) is 9.84. The van der Waals surface area contributed by atoms with Gasteiger partial charge in [-0.05, 0) is 53.6 Å². The van der Waals surface area contributed by atoms with E-state index in [-0.39, 0.29) is 10.7 Å². The average molecular weight is 376 g/mol. The van der Waals surface area contributed by atoms with Gasteiger partial charge in [-0.3, -0.25) is 4.79 Å². The van der Waals surface area contributed by atoms with Gasteiger partial charge in [0.05, 0.1) is 5.56 Å². The van der Waals surface area contributed by atoms with Crippen LogP contribution in [0.4, 0.5) is 0 Å². The lowest BCUT2D eigenvalue weighted by Crippen LogP contribution is -2.56. The quantitative estimate of drug-likeness (QED) is 0.795. The van der Waals surface area contributed by atoms with Crippen LogP contribution in [0.2, 0.25) is 5.15 Å². The number of pyridine rings is 1. The van der Waals surface area contributed by atoms with Crippen LogP contribution in [0.1, 0.15) is 43.0 Å². The Labute approximate surface area is 136 Å². The highest BCUT2D eigenvalue weighted by molar-refractivity contribution is 9.10. The van der Waals surface area contributed by atoms with Crippen molar-refractivity contribution in [3.8, 4) is 0 Å². The number of aliphatic carboxylic acids is 1. The van der Waals surface area contributed by atoms with Crippen molar-refractivity contribution in [2.24, 2.45) is 5.92 Å². The van der Waals surface area contributed by atoms with Crippen molar-refractivity contribution >= 4 is 39.4 Å². The fourth-order valence-corrected chi connectivity index (χ4v) is 3.03. The van der Waals surface area contributed by atoms with Crippen molar-refractivity contribution in [2.45, 2.75) is 38.1 Å². The first kappa shape index (κ1) is 16.2. The SMILES string of the molecule is CC1CCC(NC(=O)c2cc(Br)cnc2Cl)(C(=O)O)CC1. The number of nitrogens with one attached hydrogen (secondary N) is 1. The second kappa shape index (κ2) is 6.32. The first-order valence-corrected chi connectivity index (χ1v) is 7.88. The van der Waals surface area contributed by atoms with Gasteiger partial charge in [0.1, 0.15) is 10.7 Å². The van der Waals surface area contributed by atoms with E-state index < -0.39 is 17.4 Å². The van der Waals surface area contributed by atoms with Crippen molar-refractivity contribution in [3.05, 3.63) is 27.5 Å². The van der Waals surface area contributed by atoms with E-state index in [4.69, 9.17) is 11.6 Å². The molecule has 1 fully saturated rings. The van der Waals surface area contributed by atoms with Gasteiger partial charge in [-0.1, -0.05) is 18.5 Å². The zero-order valence-electron chi connectivity index (χ0n) is 11.5. The number of amides is 1. The molecule has 0 unspecified atom stereocenters. The predicted molar refractivity (Wildman–Crippen MR) is 82.4 cm³/mol. The first-order valence-electron chi connectivity index (χ1n) is 6.71. The molecule has 1 aromatic rings. The van der Waals surface area contributed by atoms with Crippen molar-refractivity contribution in [1.82, 2.24) is 10.3 Å². The van der Waals surface area contributed by atoms with Gasteiger partial charge in [0.15, 0.2) is 0 Å². The fraction of sp³-hybridized carbons (Fsp3) is 0.500. The molecule has 0 radical (unpaired) electrons. The van der Waals surface area contributed by atoms with Gasteiger partial charge in [0.2, 0.25) is 0 Å². The van der Waals surface area contributed by atoms with E-state index in [1.165, 1.54) is 12.3 Å². The summed E-state index contributed by atoms with van der Waals surface area (Å²) >= 11 is 9.14. The number of carboxylic acid groups (broad SMARTS) is 1. The van der Waals surface area contributed by atoms with Gasteiger partial charge >= 0.3 is 5.97 Å². The zero-order valence-corrected chi connectivity index (χ0v) is 13.9. The number of carbonyl (C=O) groups excluding carboxylic acids is 1. The smallest absolute Gasteiger partial charge is 0.329 e. The van der Waals surface area contributed by atoms with Crippen LogP contribution in [0, 0.1) is 5.92 Å². The highest BCUT2D eigenvalue weighted by Crippen LogP contribution is 2.32. The number of carboxylic acids is 1. The largest absolute Gasteiger partial charge is 0.480 e. The second-order valence-corrected chi connectivity index (χ2v) is 6.79. The molecule has 1 aliphatic rings. The highest BCUT2D eigenvalue weighted by atomic mass is 79.9. The minimum Gasteiger partial charge on any atom is -0.480 e. The summed E-state index contributed by atoms with van der Waals surface area (Å²) in [6, 6.07) is 1.53. The van der Waals surface area contributed by atoms with Gasteiger partial charge in [-0.25, -0.2) is 9.78 Å². The van der Waals surface area contributed by atoms with Crippen LogP contribution >= 0.6 is 27.5 Å². The molecule has 1 amide bonds. The Bertz CT molecular complexity index is 571. The minimum atomic E-state index is -1.21. The highest BCUT2D eigenvalue weighted by Gasteiger charge is 2.42. The molecular formula is C14H16BrClN2O3. The van der Waals surface area contributed by atoms with Crippen LogP contribution in [0.25, 0.3) is 0 Å². The van der Waals surface area contributed by atoms with Crippen molar-refractivity contribution in [2.75, 3.05) is 0 Å². The van der Waals surface area contributed by atoms with E-state index in [2.05, 4.69) is 33.2 Å². The fourth-order valence-electron chi connectivity index (χ4n) is 2.51. The second-order valence-electron chi connectivity index (χ2n) is 5.52. The number of halogens is 2. The summed E-state index contributed by atoms with van der Waals surface area (Å²) < 4.78 is 0.610. The Balaban J connectivity index is 2.23. The number of nitrogens with zero attached hydrogens (tertiary/aromatic N) is 1. The Morgan fingerprint density at radius 2 is 2.10 bits per heavy atom. The van der Waals surface area contributed by atoms with E-state index >= 15 is 0 Å². The molecule has 0 spiro atoms. The van der Waals surface area contributed by atoms with Gasteiger partial charge in [0, 0.05) is 10.7 Å². The third-order valence-corrected chi connectivity index (χ3v) is 4.68. The summed E-state index contributed by atoms with van der Waals surface area (Å²) in [7, 11) is 0. The topological polar surface area (TPSA) is 79.3 Å². The molecule has 1 aromatic heterocycles. The maximum atomic E-state index is 12.4. The van der Waals surface area contributed by atoms with Crippen LogP contribution in [0.5, 0.6) is 0 Å². The summed E-state index contributed by atoms with van der Waals surface area (Å²) in [4.78, 5) is 27.9. The molecule has 1 saturated carbocycles. The molecule has 5 nitrogen and oxygen atoms in total. The number of carbonyl (C=O) groups is 2. The third kappa shape index (κ3) is 3.55. The lowest BCUT2D eigenvalue weighted by atomic mass is 9.77. The molecule has 0 aromatic carbocycles. The summed E-state index contributed by atoms with van der Waals surface area (Å²) in [6.45, 7) is 2.09. The molecule has 7 heteroatoms. The van der Waals surface area contributed by atoms with E-state index in [1.807, 2.05) is 0 Å². The van der Waals surface area contributed by atoms with E-state index in [9.17, 15) is 14.7 Å². The van der Waals surface area contributed by atoms with Crippen LogP contribution in [-0.4, -0.2) is 27.5 Å². The summed E-state index contributed by atoms with van der Waals surface area (Å²) in [5.74, 6) is -1.03. The number of rotatable bonds is 3.